The molecule has 31 heavy (non-hydrogen) atoms. The summed E-state index contributed by atoms with van der Waals surface area (Å²) >= 11 is 1.33. The molecule has 2 aromatic rings. The fourth-order valence-electron chi connectivity index (χ4n) is 3.12. The van der Waals surface area contributed by atoms with Gasteiger partial charge >= 0.3 is 6.18 Å². The summed E-state index contributed by atoms with van der Waals surface area (Å²) in [6.07, 6.45) is -1.73. The molecular weight excluding hydrogens is 455 g/mol. The number of nitrogens with one attached hydrogen (secondary N) is 3. The number of hydrogen-bond acceptors (Lipinski definition) is 5. The lowest BCUT2D eigenvalue weighted by Crippen LogP contribution is -2.41. The van der Waals surface area contributed by atoms with E-state index in [2.05, 4.69) is 12.3 Å². The zero-order valence-electron chi connectivity index (χ0n) is 16.4. The zero-order valence-corrected chi connectivity index (χ0v) is 18.0. The number of alkyl halides is 3. The zero-order chi connectivity index (χ0) is 22.8. The van der Waals surface area contributed by atoms with Crippen LogP contribution in [0, 0.1) is 5.92 Å². The van der Waals surface area contributed by atoms with E-state index >= 15 is 0 Å². The molecule has 0 bridgehead atoms. The number of rotatable bonds is 6. The molecule has 12 heteroatoms. The van der Waals surface area contributed by atoms with Gasteiger partial charge in [0.1, 0.15) is 6.54 Å². The van der Waals surface area contributed by atoms with Gasteiger partial charge in [-0.15, -0.1) is 16.2 Å². The minimum Gasteiger partial charge on any atom is -0.343 e. The molecule has 0 radical (unpaired) electrons. The normalized spacial score (nSPS) is 16.5. The molecule has 3 N–H and O–H groups in total. The summed E-state index contributed by atoms with van der Waals surface area (Å²) in [7, 11) is -4.14. The molecule has 3 rings (SSSR count). The van der Waals surface area contributed by atoms with Gasteiger partial charge in [0, 0.05) is 10.4 Å². The number of halogens is 3. The largest absolute Gasteiger partial charge is 0.405 e. The highest BCUT2D eigenvalue weighted by molar-refractivity contribution is 7.89. The number of sulfonamides is 1. The van der Waals surface area contributed by atoms with Gasteiger partial charge in [0.25, 0.3) is 21.8 Å². The molecule has 7 nitrogen and oxygen atoms in total. The van der Waals surface area contributed by atoms with Gasteiger partial charge in [0.15, 0.2) is 0 Å². The van der Waals surface area contributed by atoms with Crippen LogP contribution in [0.15, 0.2) is 35.2 Å². The van der Waals surface area contributed by atoms with Crippen molar-refractivity contribution in [3.8, 4) is 0 Å². The Bertz CT molecular complexity index is 1080. The Morgan fingerprint density at radius 3 is 2.48 bits per heavy atom. The average molecular weight is 476 g/mol. The first-order valence-corrected chi connectivity index (χ1v) is 11.6. The number of amides is 2. The summed E-state index contributed by atoms with van der Waals surface area (Å²) in [4.78, 5) is 27.3. The van der Waals surface area contributed by atoms with Crippen LogP contribution in [0.4, 0.5) is 13.2 Å². The van der Waals surface area contributed by atoms with E-state index in [0.717, 1.165) is 54.0 Å². The maximum absolute atomic E-state index is 12.4. The number of aryl methyl sites for hydroxylation is 1. The van der Waals surface area contributed by atoms with Crippen molar-refractivity contribution in [2.45, 2.75) is 37.3 Å². The third kappa shape index (κ3) is 6.05. The Balaban J connectivity index is 1.60. The molecule has 0 spiro atoms. The van der Waals surface area contributed by atoms with E-state index in [9.17, 15) is 31.2 Å². The number of fused-ring (bicyclic) bond motifs is 1. The van der Waals surface area contributed by atoms with E-state index in [1.807, 2.05) is 4.83 Å². The first-order valence-electron chi connectivity index (χ1n) is 9.33. The second-order valence-corrected chi connectivity index (χ2v) is 10.1. The van der Waals surface area contributed by atoms with Crippen LogP contribution in [-0.4, -0.2) is 33.0 Å². The number of carbonyl (C=O) groups excluding carboxylic acids is 2. The number of benzene rings is 1. The molecule has 1 atom stereocenters. The quantitative estimate of drug-likeness (QED) is 0.559. The Morgan fingerprint density at radius 2 is 1.84 bits per heavy atom. The molecule has 168 valence electrons. The molecule has 1 aliphatic rings. The number of carbonyl (C=O) groups is 2. The fourth-order valence-corrected chi connectivity index (χ4v) is 5.06. The van der Waals surface area contributed by atoms with E-state index in [1.54, 1.807) is 11.4 Å². The van der Waals surface area contributed by atoms with Gasteiger partial charge in [-0.05, 0) is 61.1 Å². The molecule has 1 aromatic heterocycles. The van der Waals surface area contributed by atoms with Crippen LogP contribution < -0.4 is 15.6 Å². The Hall–Kier alpha value is -2.44. The SMILES string of the molecule is CC1CCc2sc(C(=O)NNS(=O)(=O)c3ccc(C(=O)NCC(F)(F)F)cc3)cc2C1. The second-order valence-electron chi connectivity index (χ2n) is 7.29. The standard InChI is InChI=1S/C19H20F3N3O4S2/c1-11-2-7-15-13(8-11)9-16(30-15)18(27)24-25-31(28,29)14-5-3-12(4-6-14)17(26)23-10-19(20,21)22/h3-6,9,11,25H,2,7-8,10H2,1H3,(H,23,26)(H,24,27). The lowest BCUT2D eigenvalue weighted by atomic mass is 9.90. The molecular formula is C19H20F3N3O4S2. The van der Waals surface area contributed by atoms with E-state index in [0.29, 0.717) is 10.8 Å². The number of thiophene rings is 1. The number of hydrogen-bond donors (Lipinski definition) is 3. The maximum atomic E-state index is 12.4. The molecule has 1 aromatic carbocycles. The third-order valence-corrected chi connectivity index (χ3v) is 7.23. The van der Waals surface area contributed by atoms with Crippen LogP contribution in [0.5, 0.6) is 0 Å². The van der Waals surface area contributed by atoms with Crippen LogP contribution in [0.1, 0.15) is 43.8 Å². The van der Waals surface area contributed by atoms with Crippen LogP contribution >= 0.6 is 11.3 Å². The number of hydrazine groups is 1. The van der Waals surface area contributed by atoms with Crippen LogP contribution in [0.25, 0.3) is 0 Å². The van der Waals surface area contributed by atoms with Crippen molar-refractivity contribution >= 4 is 33.2 Å². The minimum absolute atomic E-state index is 0.134. The van der Waals surface area contributed by atoms with Crippen molar-refractivity contribution in [2.24, 2.45) is 5.92 Å². The Kier molecular flexibility index (Phi) is 6.72. The van der Waals surface area contributed by atoms with Crippen LogP contribution in [-0.2, 0) is 22.9 Å². The topological polar surface area (TPSA) is 104 Å². The predicted molar refractivity (Wildman–Crippen MR) is 108 cm³/mol. The first kappa shape index (κ1) is 23.2. The van der Waals surface area contributed by atoms with E-state index in [1.165, 1.54) is 11.3 Å². The lowest BCUT2D eigenvalue weighted by Gasteiger charge is -2.16. The minimum atomic E-state index is -4.55. The van der Waals surface area contributed by atoms with Gasteiger partial charge in [0.05, 0.1) is 9.77 Å². The summed E-state index contributed by atoms with van der Waals surface area (Å²) in [6.45, 7) is 0.643. The van der Waals surface area contributed by atoms with Gasteiger partial charge in [-0.25, -0.2) is 8.42 Å². The van der Waals surface area contributed by atoms with Crippen molar-refractivity contribution in [1.82, 2.24) is 15.6 Å². The Morgan fingerprint density at radius 1 is 1.16 bits per heavy atom. The van der Waals surface area contributed by atoms with E-state index in [4.69, 9.17) is 0 Å². The van der Waals surface area contributed by atoms with Gasteiger partial charge in [-0.2, -0.15) is 13.2 Å². The summed E-state index contributed by atoms with van der Waals surface area (Å²) < 4.78 is 61.3. The molecule has 0 aliphatic heterocycles. The molecule has 0 saturated heterocycles. The maximum Gasteiger partial charge on any atom is 0.405 e. The molecule has 0 saturated carbocycles. The van der Waals surface area contributed by atoms with Crippen molar-refractivity contribution in [1.29, 1.82) is 0 Å². The van der Waals surface area contributed by atoms with Crippen molar-refractivity contribution in [3.63, 3.8) is 0 Å². The average Bonchev–Trinajstić information content (AvgIpc) is 3.13. The first-order chi connectivity index (χ1) is 14.4. The fraction of sp³-hybridized carbons (Fsp3) is 0.368. The summed E-state index contributed by atoms with van der Waals surface area (Å²) in [5, 5.41) is 1.69. The summed E-state index contributed by atoms with van der Waals surface area (Å²) in [5.74, 6) is -1.03. The van der Waals surface area contributed by atoms with Crippen LogP contribution in [0.2, 0.25) is 0 Å². The molecule has 0 fully saturated rings. The second kappa shape index (κ2) is 8.97. The van der Waals surface area contributed by atoms with E-state index in [-0.39, 0.29) is 10.5 Å². The highest BCUT2D eigenvalue weighted by Crippen LogP contribution is 2.32. The predicted octanol–water partition coefficient (Wildman–Crippen LogP) is 2.79. The highest BCUT2D eigenvalue weighted by Gasteiger charge is 2.28. The highest BCUT2D eigenvalue weighted by atomic mass is 32.2. The molecule has 1 aliphatic carbocycles. The summed E-state index contributed by atoms with van der Waals surface area (Å²) in [5.41, 5.74) is 3.14. The van der Waals surface area contributed by atoms with Crippen LogP contribution in [0.3, 0.4) is 0 Å². The Labute approximate surface area is 181 Å². The molecule has 2 amide bonds. The molecule has 1 unspecified atom stereocenters. The van der Waals surface area contributed by atoms with Gasteiger partial charge < -0.3 is 5.32 Å². The van der Waals surface area contributed by atoms with Gasteiger partial charge in [-0.3, -0.25) is 15.0 Å². The third-order valence-electron chi connectivity index (χ3n) is 4.73. The summed E-state index contributed by atoms with van der Waals surface area (Å²) in [6, 6.07) is 6.05. The van der Waals surface area contributed by atoms with Crippen molar-refractivity contribution < 1.29 is 31.2 Å². The monoisotopic (exact) mass is 475 g/mol. The smallest absolute Gasteiger partial charge is 0.343 e. The van der Waals surface area contributed by atoms with Gasteiger partial charge in [0.2, 0.25) is 0 Å². The van der Waals surface area contributed by atoms with Crippen molar-refractivity contribution in [3.05, 3.63) is 51.2 Å². The van der Waals surface area contributed by atoms with E-state index < -0.39 is 34.6 Å². The van der Waals surface area contributed by atoms with Gasteiger partial charge in [-0.1, -0.05) is 6.92 Å². The lowest BCUT2D eigenvalue weighted by molar-refractivity contribution is -0.123. The van der Waals surface area contributed by atoms with Crippen molar-refractivity contribution in [2.75, 3.05) is 6.54 Å². The molecule has 1 heterocycles.